The number of hydrogen-bond acceptors (Lipinski definition) is 4. The van der Waals surface area contributed by atoms with Crippen molar-refractivity contribution < 1.29 is 8.81 Å². The quantitative estimate of drug-likeness (QED) is 0.539. The summed E-state index contributed by atoms with van der Waals surface area (Å²) < 4.78 is 19.0. The minimum absolute atomic E-state index is 0.242. The molecular formula is C22H18FN3O. The second-order valence-electron chi connectivity index (χ2n) is 6.16. The molecule has 0 saturated carbocycles. The molecule has 134 valence electrons. The summed E-state index contributed by atoms with van der Waals surface area (Å²) in [6, 6.07) is 25.9. The molecule has 0 aliphatic rings. The molecule has 0 aliphatic carbocycles. The zero-order valence-corrected chi connectivity index (χ0v) is 14.5. The van der Waals surface area contributed by atoms with Gasteiger partial charge < -0.3 is 4.42 Å². The van der Waals surface area contributed by atoms with E-state index in [2.05, 4.69) is 27.6 Å². The molecule has 3 aromatic carbocycles. The van der Waals surface area contributed by atoms with Crippen LogP contribution in [0, 0.1) is 5.82 Å². The molecule has 0 fully saturated rings. The van der Waals surface area contributed by atoms with Gasteiger partial charge in [0.1, 0.15) is 11.9 Å². The predicted octanol–water partition coefficient (Wildman–Crippen LogP) is 4.75. The zero-order chi connectivity index (χ0) is 18.5. The number of benzene rings is 3. The highest BCUT2D eigenvalue weighted by Gasteiger charge is 2.21. The summed E-state index contributed by atoms with van der Waals surface area (Å²) in [4.78, 5) is 0. The summed E-state index contributed by atoms with van der Waals surface area (Å²) in [6.07, 6.45) is 0. The molecule has 0 amide bonds. The average Bonchev–Trinajstić information content (AvgIpc) is 3.20. The van der Waals surface area contributed by atoms with Crippen molar-refractivity contribution in [3.05, 3.63) is 108 Å². The lowest BCUT2D eigenvalue weighted by Crippen LogP contribution is -2.22. The molecule has 1 atom stereocenters. The van der Waals surface area contributed by atoms with E-state index in [9.17, 15) is 4.39 Å². The Bertz CT molecular complexity index is 985. The van der Waals surface area contributed by atoms with Crippen molar-refractivity contribution in [3.8, 4) is 11.5 Å². The first-order valence-electron chi connectivity index (χ1n) is 8.71. The number of aromatic nitrogens is 2. The first-order valence-corrected chi connectivity index (χ1v) is 8.71. The SMILES string of the molecule is Fc1ccc(-c2nnc(C(NCc3ccccc3)c3ccccc3)o2)cc1. The highest BCUT2D eigenvalue weighted by Crippen LogP contribution is 2.25. The monoisotopic (exact) mass is 359 g/mol. The molecule has 27 heavy (non-hydrogen) atoms. The third kappa shape index (κ3) is 4.10. The van der Waals surface area contributed by atoms with Crippen LogP contribution in [0.25, 0.3) is 11.5 Å². The normalized spacial score (nSPS) is 12.0. The predicted molar refractivity (Wildman–Crippen MR) is 101 cm³/mol. The first-order chi connectivity index (χ1) is 13.3. The van der Waals surface area contributed by atoms with E-state index in [1.165, 1.54) is 12.1 Å². The molecule has 1 N–H and O–H groups in total. The lowest BCUT2D eigenvalue weighted by molar-refractivity contribution is 0.438. The van der Waals surface area contributed by atoms with Crippen LogP contribution in [-0.4, -0.2) is 10.2 Å². The van der Waals surface area contributed by atoms with E-state index in [0.29, 0.717) is 23.9 Å². The second kappa shape index (κ2) is 7.93. The molecule has 0 bridgehead atoms. The lowest BCUT2D eigenvalue weighted by atomic mass is 10.1. The van der Waals surface area contributed by atoms with Crippen LogP contribution in [0.2, 0.25) is 0 Å². The van der Waals surface area contributed by atoms with Crippen LogP contribution >= 0.6 is 0 Å². The van der Waals surface area contributed by atoms with E-state index in [-0.39, 0.29) is 11.9 Å². The van der Waals surface area contributed by atoms with Gasteiger partial charge in [0.15, 0.2) is 0 Å². The summed E-state index contributed by atoms with van der Waals surface area (Å²) in [5.41, 5.74) is 2.88. The van der Waals surface area contributed by atoms with Crippen LogP contribution in [-0.2, 0) is 6.54 Å². The van der Waals surface area contributed by atoms with Gasteiger partial charge in [0, 0.05) is 12.1 Å². The Kier molecular flexibility index (Phi) is 5.03. The summed E-state index contributed by atoms with van der Waals surface area (Å²) in [5.74, 6) is 0.536. The number of nitrogens with zero attached hydrogens (tertiary/aromatic N) is 2. The minimum Gasteiger partial charge on any atom is -0.419 e. The van der Waals surface area contributed by atoms with Gasteiger partial charge in [-0.05, 0) is 35.4 Å². The number of hydrogen-bond donors (Lipinski definition) is 1. The van der Waals surface area contributed by atoms with E-state index in [4.69, 9.17) is 4.42 Å². The van der Waals surface area contributed by atoms with Crippen LogP contribution in [0.4, 0.5) is 4.39 Å². The van der Waals surface area contributed by atoms with Crippen LogP contribution in [0.3, 0.4) is 0 Å². The van der Waals surface area contributed by atoms with Gasteiger partial charge in [-0.25, -0.2) is 4.39 Å². The van der Waals surface area contributed by atoms with Gasteiger partial charge in [0.05, 0.1) is 0 Å². The van der Waals surface area contributed by atoms with Crippen molar-refractivity contribution in [2.24, 2.45) is 0 Å². The van der Waals surface area contributed by atoms with Gasteiger partial charge in [-0.3, -0.25) is 5.32 Å². The molecule has 1 unspecified atom stereocenters. The van der Waals surface area contributed by atoms with Crippen LogP contribution < -0.4 is 5.32 Å². The van der Waals surface area contributed by atoms with Crippen molar-refractivity contribution in [3.63, 3.8) is 0 Å². The van der Waals surface area contributed by atoms with Gasteiger partial charge in [-0.15, -0.1) is 10.2 Å². The molecule has 4 rings (SSSR count). The smallest absolute Gasteiger partial charge is 0.247 e. The topological polar surface area (TPSA) is 51.0 Å². The van der Waals surface area contributed by atoms with E-state index in [1.54, 1.807) is 12.1 Å². The first kappa shape index (κ1) is 17.1. The average molecular weight is 359 g/mol. The highest BCUT2D eigenvalue weighted by atomic mass is 19.1. The third-order valence-electron chi connectivity index (χ3n) is 4.26. The van der Waals surface area contributed by atoms with Crippen LogP contribution in [0.15, 0.2) is 89.3 Å². The molecule has 0 aliphatic heterocycles. The summed E-state index contributed by atoms with van der Waals surface area (Å²) in [6.45, 7) is 0.661. The minimum atomic E-state index is -0.301. The summed E-state index contributed by atoms with van der Waals surface area (Å²) >= 11 is 0. The van der Waals surface area contributed by atoms with Gasteiger partial charge in [-0.2, -0.15) is 0 Å². The summed E-state index contributed by atoms with van der Waals surface area (Å²) in [7, 11) is 0. The Morgan fingerprint density at radius 1 is 0.815 bits per heavy atom. The number of halogens is 1. The van der Waals surface area contributed by atoms with E-state index in [1.807, 2.05) is 48.5 Å². The Morgan fingerprint density at radius 2 is 1.48 bits per heavy atom. The standard InChI is InChI=1S/C22H18FN3O/c23-19-13-11-18(12-14-19)21-25-26-22(27-21)20(17-9-5-2-6-10-17)24-15-16-7-3-1-4-8-16/h1-14,20,24H,15H2. The Labute approximate surface area is 156 Å². The largest absolute Gasteiger partial charge is 0.419 e. The Morgan fingerprint density at radius 3 is 2.19 bits per heavy atom. The van der Waals surface area contributed by atoms with Crippen LogP contribution in [0.5, 0.6) is 0 Å². The van der Waals surface area contributed by atoms with Crippen molar-refractivity contribution in [2.75, 3.05) is 0 Å². The molecule has 0 radical (unpaired) electrons. The molecule has 4 nitrogen and oxygen atoms in total. The fraction of sp³-hybridized carbons (Fsp3) is 0.0909. The third-order valence-corrected chi connectivity index (χ3v) is 4.26. The van der Waals surface area contributed by atoms with E-state index >= 15 is 0 Å². The lowest BCUT2D eigenvalue weighted by Gasteiger charge is -2.15. The molecule has 0 spiro atoms. The molecule has 1 heterocycles. The molecular weight excluding hydrogens is 341 g/mol. The van der Waals surface area contributed by atoms with E-state index < -0.39 is 0 Å². The van der Waals surface area contributed by atoms with Gasteiger partial charge in [0.25, 0.3) is 0 Å². The molecule has 1 aromatic heterocycles. The maximum atomic E-state index is 13.1. The Hall–Kier alpha value is -3.31. The zero-order valence-electron chi connectivity index (χ0n) is 14.5. The van der Waals surface area contributed by atoms with E-state index in [0.717, 1.165) is 11.1 Å². The van der Waals surface area contributed by atoms with Crippen molar-refractivity contribution in [2.45, 2.75) is 12.6 Å². The van der Waals surface area contributed by atoms with Crippen LogP contribution in [0.1, 0.15) is 23.1 Å². The van der Waals surface area contributed by atoms with Gasteiger partial charge in [0.2, 0.25) is 11.8 Å². The van der Waals surface area contributed by atoms with Gasteiger partial charge in [-0.1, -0.05) is 60.7 Å². The Balaban J connectivity index is 1.61. The van der Waals surface area contributed by atoms with Gasteiger partial charge >= 0.3 is 0 Å². The van der Waals surface area contributed by atoms with Crippen molar-refractivity contribution >= 4 is 0 Å². The second-order valence-corrected chi connectivity index (χ2v) is 6.16. The molecule has 5 heteroatoms. The molecule has 0 saturated heterocycles. The summed E-state index contributed by atoms with van der Waals surface area (Å²) in [5, 5.41) is 11.9. The fourth-order valence-electron chi connectivity index (χ4n) is 2.87. The molecule has 4 aromatic rings. The number of rotatable bonds is 6. The maximum Gasteiger partial charge on any atom is 0.247 e. The fourth-order valence-corrected chi connectivity index (χ4v) is 2.87. The van der Waals surface area contributed by atoms with Crippen molar-refractivity contribution in [1.29, 1.82) is 0 Å². The number of nitrogens with one attached hydrogen (secondary N) is 1. The van der Waals surface area contributed by atoms with Crippen molar-refractivity contribution in [1.82, 2.24) is 15.5 Å². The highest BCUT2D eigenvalue weighted by molar-refractivity contribution is 5.52. The maximum absolute atomic E-state index is 13.1.